The predicted octanol–water partition coefficient (Wildman–Crippen LogP) is 3.37. The average molecular weight is 307 g/mol. The number of ether oxygens (including phenoxy) is 1. The molecular weight excluding hydrogens is 290 g/mol. The molecule has 0 bridgehead atoms. The van der Waals surface area contributed by atoms with Crippen LogP contribution < -0.4 is 4.74 Å². The maximum absolute atomic E-state index is 11.4. The summed E-state index contributed by atoms with van der Waals surface area (Å²) in [4.78, 5) is 11.4. The summed E-state index contributed by atoms with van der Waals surface area (Å²) >= 11 is 0. The van der Waals surface area contributed by atoms with E-state index in [1.807, 2.05) is 56.3 Å². The maximum Gasteiger partial charge on any atom is 0.172 e. The summed E-state index contributed by atoms with van der Waals surface area (Å²) in [5.41, 5.74) is 4.81. The predicted molar refractivity (Wildman–Crippen MR) is 88.2 cm³/mol. The lowest BCUT2D eigenvalue weighted by atomic mass is 10.1. The van der Waals surface area contributed by atoms with Gasteiger partial charge in [0.2, 0.25) is 0 Å². The van der Waals surface area contributed by atoms with Gasteiger partial charge in [0.25, 0.3) is 0 Å². The Bertz CT molecular complexity index is 851. The normalized spacial score (nSPS) is 10.6. The molecule has 0 atom stereocenters. The zero-order valence-corrected chi connectivity index (χ0v) is 13.3. The molecule has 0 N–H and O–H groups in total. The molecule has 0 saturated heterocycles. The van der Waals surface area contributed by atoms with Crippen molar-refractivity contribution >= 4 is 6.29 Å². The molecule has 0 amide bonds. The summed E-state index contributed by atoms with van der Waals surface area (Å²) in [6, 6.07) is 13.7. The van der Waals surface area contributed by atoms with Crippen molar-refractivity contribution in [3.8, 4) is 22.7 Å². The van der Waals surface area contributed by atoms with Gasteiger partial charge in [0.05, 0.1) is 7.11 Å². The molecule has 0 radical (unpaired) electrons. The van der Waals surface area contributed by atoms with Gasteiger partial charge in [-0.2, -0.15) is 0 Å². The Hall–Kier alpha value is -2.95. The van der Waals surface area contributed by atoms with E-state index >= 15 is 0 Å². The highest BCUT2D eigenvalue weighted by molar-refractivity contribution is 5.84. The highest BCUT2D eigenvalue weighted by Crippen LogP contribution is 2.30. The minimum Gasteiger partial charge on any atom is -0.494 e. The molecule has 3 rings (SSSR count). The van der Waals surface area contributed by atoms with Crippen LogP contribution in [0.2, 0.25) is 0 Å². The fourth-order valence-corrected chi connectivity index (χ4v) is 2.49. The Kier molecular flexibility index (Phi) is 3.93. The molecule has 1 aromatic heterocycles. The quantitative estimate of drug-likeness (QED) is 0.693. The Morgan fingerprint density at radius 1 is 1.04 bits per heavy atom. The number of aromatic nitrogens is 3. The van der Waals surface area contributed by atoms with Gasteiger partial charge in [-0.3, -0.25) is 4.79 Å². The summed E-state index contributed by atoms with van der Waals surface area (Å²) in [7, 11) is 1.61. The first kappa shape index (κ1) is 15.0. The van der Waals surface area contributed by atoms with Crippen LogP contribution in [0.3, 0.4) is 0 Å². The number of nitrogens with zero attached hydrogens (tertiary/aromatic N) is 3. The zero-order chi connectivity index (χ0) is 16.4. The summed E-state index contributed by atoms with van der Waals surface area (Å²) in [6.07, 6.45) is 0.723. The van der Waals surface area contributed by atoms with Gasteiger partial charge in [-0.15, -0.1) is 5.10 Å². The number of carbonyl (C=O) groups excluding carboxylic acids is 1. The van der Waals surface area contributed by atoms with E-state index in [1.165, 1.54) is 0 Å². The fraction of sp³-hybridized carbons (Fsp3) is 0.167. The van der Waals surface area contributed by atoms with E-state index in [1.54, 1.807) is 11.8 Å². The summed E-state index contributed by atoms with van der Waals surface area (Å²) in [5, 5.41) is 8.17. The van der Waals surface area contributed by atoms with Crippen LogP contribution in [-0.2, 0) is 0 Å². The highest BCUT2D eigenvalue weighted by atomic mass is 16.5. The molecule has 1 heterocycles. The van der Waals surface area contributed by atoms with E-state index in [0.717, 1.165) is 28.7 Å². The molecular formula is C18H17N3O2. The summed E-state index contributed by atoms with van der Waals surface area (Å²) in [6.45, 7) is 4.01. The Labute approximate surface area is 134 Å². The second-order valence-electron chi connectivity index (χ2n) is 5.39. The number of carbonyl (C=O) groups is 1. The molecule has 23 heavy (non-hydrogen) atoms. The van der Waals surface area contributed by atoms with Crippen molar-refractivity contribution in [2.24, 2.45) is 0 Å². The van der Waals surface area contributed by atoms with Gasteiger partial charge in [-0.1, -0.05) is 41.1 Å². The lowest BCUT2D eigenvalue weighted by Crippen LogP contribution is -2.03. The highest BCUT2D eigenvalue weighted by Gasteiger charge is 2.18. The van der Waals surface area contributed by atoms with Crippen molar-refractivity contribution in [2.75, 3.05) is 7.11 Å². The van der Waals surface area contributed by atoms with E-state index in [-0.39, 0.29) is 0 Å². The van der Waals surface area contributed by atoms with Crippen LogP contribution in [0.5, 0.6) is 5.75 Å². The van der Waals surface area contributed by atoms with E-state index in [9.17, 15) is 4.79 Å². The molecule has 0 aliphatic heterocycles. The number of hydrogen-bond acceptors (Lipinski definition) is 4. The number of hydrogen-bond donors (Lipinski definition) is 0. The fourth-order valence-electron chi connectivity index (χ4n) is 2.49. The maximum atomic E-state index is 11.4. The number of benzene rings is 2. The summed E-state index contributed by atoms with van der Waals surface area (Å²) < 4.78 is 7.08. The largest absolute Gasteiger partial charge is 0.494 e. The molecule has 2 aromatic carbocycles. The Balaban J connectivity index is 2.26. The SMILES string of the molecule is COc1ccc(C)cc1-n1nnc(C=O)c1-c1ccc(C)cc1. The molecule has 0 aliphatic carbocycles. The minimum absolute atomic E-state index is 0.303. The topological polar surface area (TPSA) is 57.0 Å². The molecule has 0 aliphatic rings. The van der Waals surface area contributed by atoms with Gasteiger partial charge in [0.15, 0.2) is 12.0 Å². The number of rotatable bonds is 4. The van der Waals surface area contributed by atoms with Gasteiger partial charge in [0.1, 0.15) is 17.1 Å². The second-order valence-corrected chi connectivity index (χ2v) is 5.39. The average Bonchev–Trinajstić information content (AvgIpc) is 2.99. The molecule has 0 saturated carbocycles. The van der Waals surface area contributed by atoms with Crippen LogP contribution >= 0.6 is 0 Å². The van der Waals surface area contributed by atoms with Crippen molar-refractivity contribution < 1.29 is 9.53 Å². The number of aryl methyl sites for hydroxylation is 2. The van der Waals surface area contributed by atoms with Crippen LogP contribution in [0.4, 0.5) is 0 Å². The third-order valence-electron chi connectivity index (χ3n) is 3.70. The molecule has 0 unspecified atom stereocenters. The van der Waals surface area contributed by atoms with Crippen LogP contribution in [0.15, 0.2) is 42.5 Å². The van der Waals surface area contributed by atoms with Crippen LogP contribution in [-0.4, -0.2) is 28.4 Å². The van der Waals surface area contributed by atoms with Crippen LogP contribution in [0.25, 0.3) is 16.9 Å². The second kappa shape index (κ2) is 6.04. The van der Waals surface area contributed by atoms with E-state index < -0.39 is 0 Å². The van der Waals surface area contributed by atoms with Crippen molar-refractivity contribution in [3.05, 3.63) is 59.3 Å². The van der Waals surface area contributed by atoms with E-state index in [0.29, 0.717) is 17.1 Å². The van der Waals surface area contributed by atoms with Gasteiger partial charge in [-0.25, -0.2) is 4.68 Å². The van der Waals surface area contributed by atoms with Crippen LogP contribution in [0.1, 0.15) is 21.6 Å². The standard InChI is InChI=1S/C18H17N3O2/c1-12-4-7-14(8-5-12)18-15(11-22)19-20-21(18)16-10-13(2)6-9-17(16)23-3/h4-11H,1-3H3. The third kappa shape index (κ3) is 2.73. The van der Waals surface area contributed by atoms with E-state index in [2.05, 4.69) is 10.3 Å². The molecule has 116 valence electrons. The Morgan fingerprint density at radius 3 is 2.39 bits per heavy atom. The van der Waals surface area contributed by atoms with Gasteiger partial charge >= 0.3 is 0 Å². The minimum atomic E-state index is 0.303. The molecule has 5 heteroatoms. The first-order valence-corrected chi connectivity index (χ1v) is 7.27. The van der Waals surface area contributed by atoms with Crippen molar-refractivity contribution in [2.45, 2.75) is 13.8 Å². The number of methoxy groups -OCH3 is 1. The Morgan fingerprint density at radius 2 is 1.74 bits per heavy atom. The third-order valence-corrected chi connectivity index (χ3v) is 3.70. The summed E-state index contributed by atoms with van der Waals surface area (Å²) in [5.74, 6) is 0.673. The van der Waals surface area contributed by atoms with Crippen molar-refractivity contribution in [1.82, 2.24) is 15.0 Å². The smallest absolute Gasteiger partial charge is 0.172 e. The molecule has 0 spiro atoms. The van der Waals surface area contributed by atoms with Gasteiger partial charge < -0.3 is 4.74 Å². The van der Waals surface area contributed by atoms with Gasteiger partial charge in [0, 0.05) is 5.56 Å². The number of aldehydes is 1. The molecule has 0 fully saturated rings. The van der Waals surface area contributed by atoms with Crippen molar-refractivity contribution in [3.63, 3.8) is 0 Å². The first-order chi connectivity index (χ1) is 11.1. The van der Waals surface area contributed by atoms with Crippen molar-refractivity contribution in [1.29, 1.82) is 0 Å². The molecule has 3 aromatic rings. The van der Waals surface area contributed by atoms with Crippen LogP contribution in [0, 0.1) is 13.8 Å². The van der Waals surface area contributed by atoms with E-state index in [4.69, 9.17) is 4.74 Å². The molecule has 5 nitrogen and oxygen atoms in total. The first-order valence-electron chi connectivity index (χ1n) is 7.27. The van der Waals surface area contributed by atoms with Gasteiger partial charge in [-0.05, 0) is 31.5 Å². The monoisotopic (exact) mass is 307 g/mol. The lowest BCUT2D eigenvalue weighted by molar-refractivity contribution is 0.111. The zero-order valence-electron chi connectivity index (χ0n) is 13.3. The lowest BCUT2D eigenvalue weighted by Gasteiger charge is -2.12.